The molecule has 0 aliphatic rings. The number of nitrogens with one attached hydrogen (secondary N) is 1. The molecule has 30 heavy (non-hydrogen) atoms. The molecule has 0 unspecified atom stereocenters. The summed E-state index contributed by atoms with van der Waals surface area (Å²) in [7, 11) is 3.79. The zero-order chi connectivity index (χ0) is 20.9. The molecule has 2 N–H and O–H groups in total. The lowest BCUT2D eigenvalue weighted by atomic mass is 10.1. The number of aliphatic hydroxyl groups excluding tert-OH is 1. The molecule has 1 aromatic carbocycles. The molecule has 0 radical (unpaired) electrons. The number of unbranched alkanes of at least 4 members (excludes halogenated alkanes) is 1. The van der Waals surface area contributed by atoms with Gasteiger partial charge in [-0.05, 0) is 24.5 Å². The van der Waals surface area contributed by atoms with E-state index in [0.717, 1.165) is 53.0 Å². The summed E-state index contributed by atoms with van der Waals surface area (Å²) in [5.74, 6) is 1.41. The summed E-state index contributed by atoms with van der Waals surface area (Å²) in [6, 6.07) is 8.14. The van der Waals surface area contributed by atoms with Crippen LogP contribution >= 0.6 is 0 Å². The molecule has 0 bridgehead atoms. The Labute approximate surface area is 175 Å². The van der Waals surface area contributed by atoms with Crippen molar-refractivity contribution in [3.05, 3.63) is 55.2 Å². The summed E-state index contributed by atoms with van der Waals surface area (Å²) in [6.07, 6.45) is 11.0. The molecular formula is C22H25N7O. The smallest absolute Gasteiger partial charge is 0.161 e. The highest BCUT2D eigenvalue weighted by atomic mass is 16.2. The van der Waals surface area contributed by atoms with E-state index in [9.17, 15) is 0 Å². The lowest BCUT2D eigenvalue weighted by molar-refractivity contribution is 0.286. The summed E-state index contributed by atoms with van der Waals surface area (Å²) >= 11 is 0. The highest BCUT2D eigenvalue weighted by molar-refractivity contribution is 5.76. The highest BCUT2D eigenvalue weighted by Crippen LogP contribution is 2.29. The molecule has 3 heterocycles. The minimum absolute atomic E-state index is 0.188. The van der Waals surface area contributed by atoms with Gasteiger partial charge in [-0.15, -0.1) is 0 Å². The van der Waals surface area contributed by atoms with Crippen LogP contribution in [-0.4, -0.2) is 47.8 Å². The first-order valence-electron chi connectivity index (χ1n) is 9.94. The van der Waals surface area contributed by atoms with Gasteiger partial charge < -0.3 is 10.4 Å². The SMILES string of the molecule is Cn1cc(-c2cccc(-c3ncc(-c4cnn(C)c4)c(NCCCCO)n3)c2)cn1. The summed E-state index contributed by atoms with van der Waals surface area (Å²) in [4.78, 5) is 9.45. The first kappa shape index (κ1) is 19.8. The standard InChI is InChI=1S/C22H25N7O/c1-28-14-18(11-25-28)16-6-5-7-17(10-16)21-24-13-20(19-12-26-29(2)15-19)22(27-21)23-8-3-4-9-30/h5-7,10-15,30H,3-4,8-9H2,1-2H3,(H,23,24,27). The maximum atomic E-state index is 9.04. The lowest BCUT2D eigenvalue weighted by Crippen LogP contribution is -2.07. The van der Waals surface area contributed by atoms with E-state index < -0.39 is 0 Å². The minimum atomic E-state index is 0.188. The van der Waals surface area contributed by atoms with Crippen molar-refractivity contribution in [3.8, 4) is 33.6 Å². The van der Waals surface area contributed by atoms with Gasteiger partial charge in [0.15, 0.2) is 5.82 Å². The first-order valence-corrected chi connectivity index (χ1v) is 9.94. The Morgan fingerprint density at radius 1 is 0.900 bits per heavy atom. The maximum absolute atomic E-state index is 9.04. The average Bonchev–Trinajstić information content (AvgIpc) is 3.39. The molecular weight excluding hydrogens is 378 g/mol. The van der Waals surface area contributed by atoms with Crippen LogP contribution in [0.4, 0.5) is 5.82 Å². The zero-order valence-electron chi connectivity index (χ0n) is 17.2. The second-order valence-corrected chi connectivity index (χ2v) is 7.20. The van der Waals surface area contributed by atoms with Crippen molar-refractivity contribution in [3.63, 3.8) is 0 Å². The van der Waals surface area contributed by atoms with Gasteiger partial charge in [-0.1, -0.05) is 18.2 Å². The van der Waals surface area contributed by atoms with Crippen molar-refractivity contribution < 1.29 is 5.11 Å². The monoisotopic (exact) mass is 403 g/mol. The molecule has 0 aliphatic heterocycles. The van der Waals surface area contributed by atoms with E-state index in [1.54, 1.807) is 15.6 Å². The van der Waals surface area contributed by atoms with Crippen LogP contribution in [0.2, 0.25) is 0 Å². The van der Waals surface area contributed by atoms with Gasteiger partial charge in [-0.25, -0.2) is 9.97 Å². The van der Waals surface area contributed by atoms with E-state index in [4.69, 9.17) is 10.1 Å². The van der Waals surface area contributed by atoms with E-state index in [2.05, 4.69) is 32.6 Å². The molecule has 0 fully saturated rings. The highest BCUT2D eigenvalue weighted by Gasteiger charge is 2.13. The number of aliphatic hydroxyl groups is 1. The number of aryl methyl sites for hydroxylation is 2. The number of nitrogens with zero attached hydrogens (tertiary/aromatic N) is 6. The van der Waals surface area contributed by atoms with E-state index in [1.165, 1.54) is 0 Å². The predicted octanol–water partition coefficient (Wildman–Crippen LogP) is 3.13. The quantitative estimate of drug-likeness (QED) is 0.439. The van der Waals surface area contributed by atoms with E-state index in [1.807, 2.05) is 51.0 Å². The Balaban J connectivity index is 1.68. The molecule has 0 spiro atoms. The number of hydrogen-bond acceptors (Lipinski definition) is 6. The zero-order valence-corrected chi connectivity index (χ0v) is 17.2. The van der Waals surface area contributed by atoms with Gasteiger partial charge in [0.2, 0.25) is 0 Å². The second kappa shape index (κ2) is 8.87. The maximum Gasteiger partial charge on any atom is 0.161 e. The van der Waals surface area contributed by atoms with Crippen molar-refractivity contribution in [1.29, 1.82) is 0 Å². The van der Waals surface area contributed by atoms with E-state index in [-0.39, 0.29) is 6.61 Å². The molecule has 0 aliphatic carbocycles. The van der Waals surface area contributed by atoms with Crippen LogP contribution in [0.1, 0.15) is 12.8 Å². The van der Waals surface area contributed by atoms with Gasteiger partial charge in [0.1, 0.15) is 5.82 Å². The third-order valence-electron chi connectivity index (χ3n) is 4.84. The van der Waals surface area contributed by atoms with Gasteiger partial charge in [-0.2, -0.15) is 10.2 Å². The van der Waals surface area contributed by atoms with Crippen molar-refractivity contribution in [2.75, 3.05) is 18.5 Å². The number of anilines is 1. The topological polar surface area (TPSA) is 93.7 Å². The average molecular weight is 403 g/mol. The molecule has 8 nitrogen and oxygen atoms in total. The fourth-order valence-corrected chi connectivity index (χ4v) is 3.28. The van der Waals surface area contributed by atoms with Crippen molar-refractivity contribution >= 4 is 5.82 Å². The van der Waals surface area contributed by atoms with Crippen molar-refractivity contribution in [2.45, 2.75) is 12.8 Å². The Morgan fingerprint density at radius 2 is 1.63 bits per heavy atom. The number of benzene rings is 1. The van der Waals surface area contributed by atoms with Crippen LogP contribution in [0.5, 0.6) is 0 Å². The molecule has 0 saturated heterocycles. The Morgan fingerprint density at radius 3 is 2.33 bits per heavy atom. The number of hydrogen-bond donors (Lipinski definition) is 2. The van der Waals surface area contributed by atoms with Crippen LogP contribution in [0.25, 0.3) is 33.6 Å². The summed E-state index contributed by atoms with van der Waals surface area (Å²) in [5, 5.41) is 21.0. The van der Waals surface area contributed by atoms with Crippen molar-refractivity contribution in [1.82, 2.24) is 29.5 Å². The van der Waals surface area contributed by atoms with Crippen LogP contribution in [0, 0.1) is 0 Å². The predicted molar refractivity (Wildman–Crippen MR) is 117 cm³/mol. The molecule has 0 amide bonds. The summed E-state index contributed by atoms with van der Waals surface area (Å²) in [6.45, 7) is 0.910. The molecule has 0 saturated carbocycles. The van der Waals surface area contributed by atoms with Crippen LogP contribution in [0.15, 0.2) is 55.2 Å². The van der Waals surface area contributed by atoms with Gasteiger partial charge in [0, 0.05) is 68.1 Å². The molecule has 8 heteroatoms. The number of aromatic nitrogens is 6. The lowest BCUT2D eigenvalue weighted by Gasteiger charge is -2.12. The Kier molecular flexibility index (Phi) is 5.85. The van der Waals surface area contributed by atoms with Crippen LogP contribution in [0.3, 0.4) is 0 Å². The first-order chi connectivity index (χ1) is 14.6. The van der Waals surface area contributed by atoms with Gasteiger partial charge in [0.05, 0.1) is 12.4 Å². The fraction of sp³-hybridized carbons (Fsp3) is 0.273. The molecule has 154 valence electrons. The number of rotatable bonds is 8. The molecule has 3 aromatic heterocycles. The van der Waals surface area contributed by atoms with Gasteiger partial charge in [-0.3, -0.25) is 9.36 Å². The third kappa shape index (κ3) is 4.38. The third-order valence-corrected chi connectivity index (χ3v) is 4.84. The van der Waals surface area contributed by atoms with Crippen LogP contribution in [-0.2, 0) is 14.1 Å². The Bertz CT molecular complexity index is 1130. The van der Waals surface area contributed by atoms with Gasteiger partial charge >= 0.3 is 0 Å². The summed E-state index contributed by atoms with van der Waals surface area (Å²) < 4.78 is 3.55. The van der Waals surface area contributed by atoms with E-state index in [0.29, 0.717) is 5.82 Å². The fourth-order valence-electron chi connectivity index (χ4n) is 3.28. The minimum Gasteiger partial charge on any atom is -0.396 e. The Hall–Kier alpha value is -3.52. The van der Waals surface area contributed by atoms with Gasteiger partial charge in [0.25, 0.3) is 0 Å². The van der Waals surface area contributed by atoms with Crippen LogP contribution < -0.4 is 5.32 Å². The van der Waals surface area contributed by atoms with E-state index >= 15 is 0 Å². The normalized spacial score (nSPS) is 11.0. The second-order valence-electron chi connectivity index (χ2n) is 7.20. The largest absolute Gasteiger partial charge is 0.396 e. The molecule has 0 atom stereocenters. The molecule has 4 rings (SSSR count). The van der Waals surface area contributed by atoms with Crippen molar-refractivity contribution in [2.24, 2.45) is 14.1 Å². The molecule has 4 aromatic rings. The summed E-state index contributed by atoms with van der Waals surface area (Å²) in [5.41, 5.74) is 4.91.